The molecule has 0 aliphatic rings. The molecular weight excluding hydrogens is 548 g/mol. The van der Waals surface area contributed by atoms with Gasteiger partial charge in [-0.25, -0.2) is 0 Å². The van der Waals surface area contributed by atoms with E-state index in [4.69, 9.17) is 5.11 Å². The molecule has 9 heteroatoms. The molecule has 29 heavy (non-hydrogen) atoms. The second kappa shape index (κ2) is 10.2. The number of carbonyl (C=O) groups excluding carboxylic acids is 1. The van der Waals surface area contributed by atoms with E-state index in [0.29, 0.717) is 0 Å². The molecule has 0 bridgehead atoms. The number of carbonyl (C=O) groups is 1. The van der Waals surface area contributed by atoms with Crippen LogP contribution < -0.4 is 0 Å². The summed E-state index contributed by atoms with van der Waals surface area (Å²) in [5.41, 5.74) is 1.95. The van der Waals surface area contributed by atoms with Crippen molar-refractivity contribution in [2.45, 2.75) is 6.18 Å². The predicted molar refractivity (Wildman–Crippen MR) is 102 cm³/mol. The van der Waals surface area contributed by atoms with Gasteiger partial charge in [-0.1, -0.05) is 30.3 Å². The third-order valence-corrected chi connectivity index (χ3v) is 4.55. The normalized spacial score (nSPS) is 11.5. The zero-order valence-corrected chi connectivity index (χ0v) is 17.5. The molecule has 0 saturated carbocycles. The van der Waals surface area contributed by atoms with E-state index < -0.39 is 17.7 Å². The molecule has 0 unspecified atom stereocenters. The molecule has 151 valence electrons. The monoisotopic (exact) mass is 561 g/mol. The van der Waals surface area contributed by atoms with Gasteiger partial charge in [0.1, 0.15) is 0 Å². The topological polar surface area (TPSA) is 63.1 Å². The smallest absolute Gasteiger partial charge is 0.448 e. The quantitative estimate of drug-likeness (QED) is 0.147. The molecule has 0 atom stereocenters. The minimum absolute atomic E-state index is 0. The minimum atomic E-state index is -4.87. The number of fused-ring (bicyclic) bond motifs is 3. The van der Waals surface area contributed by atoms with Crippen LogP contribution in [-0.4, -0.2) is 27.0 Å². The molecule has 3 heterocycles. The number of alkyl halides is 3. The molecule has 0 fully saturated rings. The summed E-state index contributed by atoms with van der Waals surface area (Å²) < 4.78 is 35.4. The number of halogens is 3. The summed E-state index contributed by atoms with van der Waals surface area (Å²) in [5.74, 6) is -2.73. The molecule has 1 radical (unpaired) electrons. The van der Waals surface area contributed by atoms with Gasteiger partial charge in [0.15, 0.2) is 5.78 Å². The molecule has 1 aromatic carbocycles. The number of hydrogen-bond acceptors (Lipinski definition) is 5. The summed E-state index contributed by atoms with van der Waals surface area (Å²) in [7, 11) is 0. The van der Waals surface area contributed by atoms with Crippen LogP contribution in [0.4, 0.5) is 13.2 Å². The Morgan fingerprint density at radius 2 is 1.48 bits per heavy atom. The number of thiophene rings is 1. The molecule has 0 amide bonds. The van der Waals surface area contributed by atoms with Crippen LogP contribution in [0.25, 0.3) is 21.8 Å². The van der Waals surface area contributed by atoms with Gasteiger partial charge in [0.2, 0.25) is 5.76 Å². The maximum atomic E-state index is 11.8. The SMILES string of the molecule is O=C(/C=C(\O)C(F)(F)F)c1cccs1.[Tb].c1cnc2c(c1)ccc1cccnc12. The zero-order chi connectivity index (χ0) is 20.1. The number of aromatic nitrogens is 2. The summed E-state index contributed by atoms with van der Waals surface area (Å²) in [5, 5.41) is 12.3. The summed E-state index contributed by atoms with van der Waals surface area (Å²) in [6, 6.07) is 15.1. The van der Waals surface area contributed by atoms with Gasteiger partial charge in [-0.2, -0.15) is 13.2 Å². The van der Waals surface area contributed by atoms with Crippen LogP contribution in [0.5, 0.6) is 0 Å². The van der Waals surface area contributed by atoms with E-state index in [0.717, 1.165) is 33.1 Å². The molecule has 4 rings (SSSR count). The fourth-order valence-corrected chi connectivity index (χ4v) is 3.01. The number of hydrogen-bond donors (Lipinski definition) is 1. The van der Waals surface area contributed by atoms with Gasteiger partial charge in [-0.05, 0) is 23.6 Å². The Bertz CT molecular complexity index is 1090. The van der Waals surface area contributed by atoms with Crippen molar-refractivity contribution in [3.05, 3.63) is 83.0 Å². The van der Waals surface area contributed by atoms with E-state index in [1.54, 1.807) is 17.8 Å². The molecule has 0 saturated heterocycles. The molecule has 0 spiro atoms. The van der Waals surface area contributed by atoms with E-state index in [9.17, 15) is 18.0 Å². The number of ketones is 1. The average Bonchev–Trinajstić information content (AvgIpc) is 3.23. The summed E-state index contributed by atoms with van der Waals surface area (Å²) in [6.45, 7) is 0. The zero-order valence-electron chi connectivity index (χ0n) is 14.6. The standard InChI is InChI=1S/C12H8N2.C8H5F3O2S.Tb/c1-3-9-5-6-10-4-2-8-14-12(10)11(9)13-7-1;9-8(10,11)7(13)4-5(12)6-2-1-3-14-6;/h1-8H;1-4,13H;/b;7-4-;. The summed E-state index contributed by atoms with van der Waals surface area (Å²) >= 11 is 1.01. The fourth-order valence-electron chi connectivity index (χ4n) is 2.38. The molecule has 4 nitrogen and oxygen atoms in total. The molecule has 4 aromatic rings. The number of benzene rings is 1. The van der Waals surface area contributed by atoms with Crippen molar-refractivity contribution in [1.82, 2.24) is 9.97 Å². The third kappa shape index (κ3) is 6.00. The van der Waals surface area contributed by atoms with Crippen molar-refractivity contribution in [2.24, 2.45) is 0 Å². The first kappa shape index (κ1) is 23.3. The van der Waals surface area contributed by atoms with Crippen molar-refractivity contribution < 1.29 is 61.7 Å². The molecular formula is C20H13F3N2O2STb. The van der Waals surface area contributed by atoms with E-state index >= 15 is 0 Å². The maximum absolute atomic E-state index is 11.8. The Hall–Kier alpha value is -1.97. The first-order chi connectivity index (χ1) is 13.4. The van der Waals surface area contributed by atoms with Gasteiger partial charge in [0.25, 0.3) is 0 Å². The Balaban J connectivity index is 0.000000200. The van der Waals surface area contributed by atoms with Crippen LogP contribution in [0.3, 0.4) is 0 Å². The van der Waals surface area contributed by atoms with Crippen molar-refractivity contribution >= 4 is 38.9 Å². The minimum Gasteiger partial charge on any atom is -0.504 e. The fraction of sp³-hybridized carbons (Fsp3) is 0.0500. The predicted octanol–water partition coefficient (Wildman–Crippen LogP) is 5.72. The molecule has 0 aliphatic carbocycles. The van der Waals surface area contributed by atoms with Crippen molar-refractivity contribution in [3.63, 3.8) is 0 Å². The Morgan fingerprint density at radius 3 is 1.93 bits per heavy atom. The molecule has 3 aromatic heterocycles. The van der Waals surface area contributed by atoms with Crippen LogP contribution >= 0.6 is 11.3 Å². The van der Waals surface area contributed by atoms with Gasteiger partial charge in [0, 0.05) is 67.9 Å². The maximum Gasteiger partial charge on any atom is 0.448 e. The summed E-state index contributed by atoms with van der Waals surface area (Å²) in [6.07, 6.45) is -1.09. The van der Waals surface area contributed by atoms with E-state index in [1.807, 2.05) is 12.1 Å². The van der Waals surface area contributed by atoms with Gasteiger partial charge in [-0.15, -0.1) is 11.3 Å². The second-order valence-electron chi connectivity index (χ2n) is 5.58. The van der Waals surface area contributed by atoms with Crippen LogP contribution in [-0.2, 0) is 0 Å². The van der Waals surface area contributed by atoms with Gasteiger partial charge >= 0.3 is 6.18 Å². The van der Waals surface area contributed by atoms with E-state index in [1.165, 1.54) is 12.1 Å². The Labute approximate surface area is 198 Å². The number of aliphatic hydroxyl groups excluding tert-OH is 1. The van der Waals surface area contributed by atoms with Crippen molar-refractivity contribution in [2.75, 3.05) is 0 Å². The largest absolute Gasteiger partial charge is 0.504 e. The second-order valence-corrected chi connectivity index (χ2v) is 6.53. The van der Waals surface area contributed by atoms with Crippen molar-refractivity contribution in [1.29, 1.82) is 0 Å². The Morgan fingerprint density at radius 1 is 0.931 bits per heavy atom. The number of nitrogens with zero attached hydrogens (tertiary/aromatic N) is 2. The van der Waals surface area contributed by atoms with E-state index in [-0.39, 0.29) is 49.6 Å². The first-order valence-electron chi connectivity index (χ1n) is 8.00. The third-order valence-electron chi connectivity index (χ3n) is 3.67. The van der Waals surface area contributed by atoms with Crippen LogP contribution in [0, 0.1) is 38.6 Å². The first-order valence-corrected chi connectivity index (χ1v) is 8.88. The van der Waals surface area contributed by atoms with E-state index in [2.05, 4.69) is 34.2 Å². The summed E-state index contributed by atoms with van der Waals surface area (Å²) in [4.78, 5) is 19.9. The number of aliphatic hydroxyl groups is 1. The van der Waals surface area contributed by atoms with Gasteiger partial charge in [0.05, 0.1) is 15.9 Å². The number of pyridine rings is 2. The van der Waals surface area contributed by atoms with Gasteiger partial charge < -0.3 is 5.11 Å². The van der Waals surface area contributed by atoms with Crippen molar-refractivity contribution in [3.8, 4) is 0 Å². The van der Waals surface area contributed by atoms with Crippen LogP contribution in [0.1, 0.15) is 9.67 Å². The number of allylic oxidation sites excluding steroid dienone is 2. The van der Waals surface area contributed by atoms with Crippen LogP contribution in [0.15, 0.2) is 78.1 Å². The van der Waals surface area contributed by atoms with Crippen LogP contribution in [0.2, 0.25) is 0 Å². The number of rotatable bonds is 2. The Kier molecular flexibility index (Phi) is 8.18. The molecule has 0 aliphatic heterocycles. The molecule has 1 N–H and O–H groups in total. The van der Waals surface area contributed by atoms with Gasteiger partial charge in [-0.3, -0.25) is 14.8 Å². The average molecular weight is 561 g/mol.